The molecule has 1 aliphatic rings. The molecule has 0 saturated carbocycles. The van der Waals surface area contributed by atoms with E-state index in [9.17, 15) is 4.79 Å². The van der Waals surface area contributed by atoms with Gasteiger partial charge in [0, 0.05) is 51.5 Å². The minimum absolute atomic E-state index is 0.0629. The van der Waals surface area contributed by atoms with Gasteiger partial charge < -0.3 is 15.1 Å². The first-order valence-corrected chi connectivity index (χ1v) is 12.0. The van der Waals surface area contributed by atoms with Crippen molar-refractivity contribution >= 4 is 28.7 Å². The van der Waals surface area contributed by atoms with Crippen LogP contribution >= 0.6 is 0 Å². The zero-order valence-corrected chi connectivity index (χ0v) is 19.6. The number of nitrogens with one attached hydrogen (secondary N) is 1. The van der Waals surface area contributed by atoms with E-state index in [1.165, 1.54) is 5.56 Å². The van der Waals surface area contributed by atoms with Gasteiger partial charge in [0.2, 0.25) is 11.9 Å². The van der Waals surface area contributed by atoms with Crippen molar-refractivity contribution in [3.63, 3.8) is 0 Å². The lowest BCUT2D eigenvalue weighted by molar-refractivity contribution is -0.121. The standard InChI is InChI=1S/C25H29N9O/c35-22(9-4-8-20-6-2-1-3-7-20)26-12-13-34-24-21(18-31-34)23(29-19-30-24)32-14-16-33(17-15-32)25-27-10-5-11-28-25/h1-3,5-7,10-11,18-19H,4,8-9,12-17H2,(H,26,35). The highest BCUT2D eigenvalue weighted by Crippen LogP contribution is 2.24. The normalized spacial score (nSPS) is 13.8. The molecule has 1 amide bonds. The monoisotopic (exact) mass is 471 g/mol. The molecule has 0 spiro atoms. The van der Waals surface area contributed by atoms with Crippen molar-refractivity contribution in [2.45, 2.75) is 25.8 Å². The lowest BCUT2D eigenvalue weighted by atomic mass is 10.1. The van der Waals surface area contributed by atoms with Crippen molar-refractivity contribution in [1.29, 1.82) is 0 Å². The molecule has 10 nitrogen and oxygen atoms in total. The number of hydrogen-bond donors (Lipinski definition) is 1. The first-order valence-electron chi connectivity index (χ1n) is 12.0. The quantitative estimate of drug-likeness (QED) is 0.396. The number of aryl methyl sites for hydroxylation is 1. The number of fused-ring (bicyclic) bond motifs is 1. The van der Waals surface area contributed by atoms with Crippen LogP contribution in [0.25, 0.3) is 11.0 Å². The van der Waals surface area contributed by atoms with E-state index < -0.39 is 0 Å². The summed E-state index contributed by atoms with van der Waals surface area (Å²) in [5, 5.41) is 8.44. The van der Waals surface area contributed by atoms with E-state index in [2.05, 4.69) is 52.3 Å². The number of aromatic nitrogens is 6. The van der Waals surface area contributed by atoms with E-state index >= 15 is 0 Å². The second-order valence-electron chi connectivity index (χ2n) is 8.51. The van der Waals surface area contributed by atoms with Crippen LogP contribution in [0.4, 0.5) is 11.8 Å². The van der Waals surface area contributed by atoms with E-state index in [1.54, 1.807) is 18.7 Å². The van der Waals surface area contributed by atoms with Gasteiger partial charge in [-0.1, -0.05) is 30.3 Å². The van der Waals surface area contributed by atoms with Gasteiger partial charge in [-0.05, 0) is 24.5 Å². The number of amides is 1. The highest BCUT2D eigenvalue weighted by molar-refractivity contribution is 5.86. The van der Waals surface area contributed by atoms with Crippen LogP contribution in [0, 0.1) is 0 Å². The molecule has 35 heavy (non-hydrogen) atoms. The molecule has 0 unspecified atom stereocenters. The average Bonchev–Trinajstić information content (AvgIpc) is 3.33. The number of piperazine rings is 1. The van der Waals surface area contributed by atoms with Crippen molar-refractivity contribution in [2.24, 2.45) is 0 Å². The van der Waals surface area contributed by atoms with Crippen LogP contribution in [0.5, 0.6) is 0 Å². The Morgan fingerprint density at radius 3 is 2.49 bits per heavy atom. The van der Waals surface area contributed by atoms with Crippen molar-refractivity contribution in [3.05, 3.63) is 66.9 Å². The van der Waals surface area contributed by atoms with E-state index in [0.29, 0.717) is 19.5 Å². The molecule has 1 N–H and O–H groups in total. The Hall–Kier alpha value is -4.08. The maximum atomic E-state index is 12.2. The number of carbonyl (C=O) groups excluding carboxylic acids is 1. The summed E-state index contributed by atoms with van der Waals surface area (Å²) >= 11 is 0. The van der Waals surface area contributed by atoms with E-state index in [4.69, 9.17) is 0 Å². The summed E-state index contributed by atoms with van der Waals surface area (Å²) in [7, 11) is 0. The summed E-state index contributed by atoms with van der Waals surface area (Å²) in [5.41, 5.74) is 2.04. The van der Waals surface area contributed by atoms with Gasteiger partial charge in [-0.25, -0.2) is 24.6 Å². The Morgan fingerprint density at radius 1 is 0.914 bits per heavy atom. The van der Waals surface area contributed by atoms with Crippen molar-refractivity contribution < 1.29 is 4.79 Å². The predicted molar refractivity (Wildman–Crippen MR) is 134 cm³/mol. The average molecular weight is 472 g/mol. The molecule has 1 fully saturated rings. The maximum absolute atomic E-state index is 12.2. The molecule has 1 saturated heterocycles. The van der Waals surface area contributed by atoms with Crippen molar-refractivity contribution in [1.82, 2.24) is 35.0 Å². The van der Waals surface area contributed by atoms with E-state index in [-0.39, 0.29) is 5.91 Å². The Bertz CT molecular complexity index is 1240. The molecule has 1 aliphatic heterocycles. The van der Waals surface area contributed by atoms with Gasteiger partial charge in [-0.3, -0.25) is 4.79 Å². The summed E-state index contributed by atoms with van der Waals surface area (Å²) in [6.45, 7) is 4.34. The zero-order chi connectivity index (χ0) is 23.9. The lowest BCUT2D eigenvalue weighted by Gasteiger charge is -2.35. The fourth-order valence-corrected chi connectivity index (χ4v) is 4.36. The van der Waals surface area contributed by atoms with Crippen LogP contribution in [0.2, 0.25) is 0 Å². The second-order valence-corrected chi connectivity index (χ2v) is 8.51. The molecule has 1 aromatic carbocycles. The predicted octanol–water partition coefficient (Wildman–Crippen LogP) is 2.08. The molecule has 4 aromatic rings. The van der Waals surface area contributed by atoms with Gasteiger partial charge in [-0.15, -0.1) is 0 Å². The second kappa shape index (κ2) is 10.9. The molecule has 3 aromatic heterocycles. The van der Waals surface area contributed by atoms with Gasteiger partial charge in [0.15, 0.2) is 5.65 Å². The van der Waals surface area contributed by atoms with Crippen LogP contribution in [0.15, 0.2) is 61.3 Å². The Balaban J connectivity index is 1.13. The minimum Gasteiger partial charge on any atom is -0.354 e. The largest absolute Gasteiger partial charge is 0.354 e. The van der Waals surface area contributed by atoms with Gasteiger partial charge in [0.25, 0.3) is 0 Å². The third-order valence-electron chi connectivity index (χ3n) is 6.18. The van der Waals surface area contributed by atoms with Gasteiger partial charge >= 0.3 is 0 Å². The molecular formula is C25H29N9O. The van der Waals surface area contributed by atoms with E-state index in [0.717, 1.165) is 61.8 Å². The topological polar surface area (TPSA) is 105 Å². The summed E-state index contributed by atoms with van der Waals surface area (Å²) in [6, 6.07) is 12.1. The zero-order valence-electron chi connectivity index (χ0n) is 19.6. The molecule has 10 heteroatoms. The van der Waals surface area contributed by atoms with Crippen LogP contribution in [0.3, 0.4) is 0 Å². The first kappa shape index (κ1) is 22.7. The number of benzene rings is 1. The number of rotatable bonds is 9. The maximum Gasteiger partial charge on any atom is 0.225 e. The third-order valence-corrected chi connectivity index (χ3v) is 6.18. The SMILES string of the molecule is O=C(CCCc1ccccc1)NCCn1ncc2c(N3CCN(c4ncccn4)CC3)ncnc21. The number of hydrogen-bond acceptors (Lipinski definition) is 8. The molecule has 0 radical (unpaired) electrons. The van der Waals surface area contributed by atoms with E-state index in [1.807, 2.05) is 35.1 Å². The van der Waals surface area contributed by atoms with Crippen LogP contribution in [0.1, 0.15) is 18.4 Å². The van der Waals surface area contributed by atoms with Crippen molar-refractivity contribution in [3.8, 4) is 0 Å². The molecule has 5 rings (SSSR count). The summed E-state index contributed by atoms with van der Waals surface area (Å²) in [6.07, 6.45) is 9.20. The molecule has 0 aliphatic carbocycles. The highest BCUT2D eigenvalue weighted by atomic mass is 16.1. The fraction of sp³-hybridized carbons (Fsp3) is 0.360. The minimum atomic E-state index is 0.0629. The summed E-state index contributed by atoms with van der Waals surface area (Å²) in [4.78, 5) is 34.4. The number of anilines is 2. The molecule has 0 atom stereocenters. The van der Waals surface area contributed by atoms with Crippen LogP contribution in [-0.4, -0.2) is 68.3 Å². The van der Waals surface area contributed by atoms with Crippen LogP contribution in [-0.2, 0) is 17.8 Å². The first-order chi connectivity index (χ1) is 17.3. The fourth-order valence-electron chi connectivity index (χ4n) is 4.36. The highest BCUT2D eigenvalue weighted by Gasteiger charge is 2.22. The molecule has 180 valence electrons. The molecule has 0 bridgehead atoms. The van der Waals surface area contributed by atoms with Gasteiger partial charge in [-0.2, -0.15) is 5.10 Å². The smallest absolute Gasteiger partial charge is 0.225 e. The number of nitrogens with zero attached hydrogens (tertiary/aromatic N) is 8. The number of carbonyl (C=O) groups is 1. The lowest BCUT2D eigenvalue weighted by Crippen LogP contribution is -2.47. The molecule has 4 heterocycles. The molecular weight excluding hydrogens is 442 g/mol. The van der Waals surface area contributed by atoms with Gasteiger partial charge in [0.05, 0.1) is 18.1 Å². The Kier molecular flexibility index (Phi) is 7.07. The van der Waals surface area contributed by atoms with Gasteiger partial charge in [0.1, 0.15) is 12.1 Å². The van der Waals surface area contributed by atoms with Crippen LogP contribution < -0.4 is 15.1 Å². The van der Waals surface area contributed by atoms with Crippen molar-refractivity contribution in [2.75, 3.05) is 42.5 Å². The summed E-state index contributed by atoms with van der Waals surface area (Å²) in [5.74, 6) is 1.71. The Morgan fingerprint density at radius 2 is 1.69 bits per heavy atom. The Labute approximate surface area is 204 Å². The summed E-state index contributed by atoms with van der Waals surface area (Å²) < 4.78 is 1.83. The third kappa shape index (κ3) is 5.53.